The smallest absolute Gasteiger partial charge is 0.246 e. The maximum absolute atomic E-state index is 13.6. The Balaban J connectivity index is 2.34. The van der Waals surface area contributed by atoms with Crippen LogP contribution in [0.15, 0.2) is 47.5 Å². The highest BCUT2D eigenvalue weighted by atomic mass is 32.2. The number of rotatable bonds is 5. The summed E-state index contributed by atoms with van der Waals surface area (Å²) >= 11 is 0.945. The molecule has 0 aliphatic carbocycles. The molecule has 2 aromatic rings. The van der Waals surface area contributed by atoms with Gasteiger partial charge in [-0.15, -0.1) is 0 Å². The van der Waals surface area contributed by atoms with Crippen molar-refractivity contribution in [2.24, 2.45) is 0 Å². The fourth-order valence-electron chi connectivity index (χ4n) is 2.15. The van der Waals surface area contributed by atoms with Crippen LogP contribution in [0.2, 0.25) is 0 Å². The molecule has 0 aliphatic heterocycles. The summed E-state index contributed by atoms with van der Waals surface area (Å²) in [4.78, 5) is 4.23. The van der Waals surface area contributed by atoms with Gasteiger partial charge in [-0.1, -0.05) is 25.1 Å². The van der Waals surface area contributed by atoms with E-state index in [-0.39, 0.29) is 12.1 Å². The lowest BCUT2D eigenvalue weighted by molar-refractivity contribution is -0.172. The first-order valence-electron chi connectivity index (χ1n) is 7.01. The highest BCUT2D eigenvalue weighted by molar-refractivity contribution is 7.97. The molecule has 0 amide bonds. The topological polar surface area (TPSA) is 16.1 Å². The Hall–Kier alpha value is -1.60. The molecule has 0 fully saturated rings. The molecule has 1 aromatic heterocycles. The Labute approximate surface area is 136 Å². The molecule has 0 spiro atoms. The van der Waals surface area contributed by atoms with Gasteiger partial charge >= 0.3 is 6.18 Å². The summed E-state index contributed by atoms with van der Waals surface area (Å²) in [7, 11) is 0. The first-order valence-corrected chi connectivity index (χ1v) is 7.79. The Morgan fingerprint density at radius 1 is 1.13 bits per heavy atom. The van der Waals surface area contributed by atoms with E-state index in [1.807, 2.05) is 0 Å². The molecule has 0 N–H and O–H groups in total. The van der Waals surface area contributed by atoms with Crippen molar-refractivity contribution < 1.29 is 17.6 Å². The fraction of sp³-hybridized carbons (Fsp3) is 0.312. The van der Waals surface area contributed by atoms with Crippen molar-refractivity contribution in [1.82, 2.24) is 9.29 Å². The number of halogens is 4. The minimum Gasteiger partial charge on any atom is -0.246 e. The van der Waals surface area contributed by atoms with Crippen LogP contribution in [0.4, 0.5) is 17.6 Å². The molecule has 0 radical (unpaired) electrons. The zero-order valence-electron chi connectivity index (χ0n) is 12.6. The van der Waals surface area contributed by atoms with Crippen molar-refractivity contribution in [3.8, 4) is 0 Å². The van der Waals surface area contributed by atoms with Gasteiger partial charge in [0.25, 0.3) is 0 Å². The third kappa shape index (κ3) is 4.68. The van der Waals surface area contributed by atoms with Crippen molar-refractivity contribution >= 4 is 11.9 Å². The predicted octanol–water partition coefficient (Wildman–Crippen LogP) is 5.16. The number of hydrogen-bond acceptors (Lipinski definition) is 3. The first-order chi connectivity index (χ1) is 10.8. The number of aromatic nitrogens is 1. The van der Waals surface area contributed by atoms with E-state index in [0.717, 1.165) is 29.8 Å². The van der Waals surface area contributed by atoms with Gasteiger partial charge in [0.2, 0.25) is 0 Å². The third-order valence-electron chi connectivity index (χ3n) is 3.17. The minimum atomic E-state index is -4.48. The number of nitrogens with zero attached hydrogens (tertiary/aromatic N) is 2. The second-order valence-corrected chi connectivity index (χ2v) is 6.01. The number of alkyl halides is 3. The van der Waals surface area contributed by atoms with Gasteiger partial charge in [-0.3, -0.25) is 0 Å². The van der Waals surface area contributed by atoms with Crippen molar-refractivity contribution in [1.29, 1.82) is 0 Å². The molecule has 1 heterocycles. The van der Waals surface area contributed by atoms with E-state index in [0.29, 0.717) is 5.03 Å². The van der Waals surface area contributed by atoms with Crippen LogP contribution in [0.5, 0.6) is 0 Å². The van der Waals surface area contributed by atoms with Crippen LogP contribution in [0.3, 0.4) is 0 Å². The SMILES string of the molecule is CCN(Sc1cccc(C)n1)C(c1ccc(F)cc1)C(F)(F)F. The summed E-state index contributed by atoms with van der Waals surface area (Å²) in [6.45, 7) is 3.58. The molecule has 0 aliphatic rings. The van der Waals surface area contributed by atoms with E-state index in [9.17, 15) is 17.6 Å². The van der Waals surface area contributed by atoms with Crippen LogP contribution in [-0.4, -0.2) is 22.0 Å². The highest BCUT2D eigenvalue weighted by Gasteiger charge is 2.45. The summed E-state index contributed by atoms with van der Waals surface area (Å²) in [5.41, 5.74) is 0.734. The van der Waals surface area contributed by atoms with Gasteiger partial charge in [-0.2, -0.15) is 13.2 Å². The minimum absolute atomic E-state index is 0.000836. The van der Waals surface area contributed by atoms with E-state index < -0.39 is 18.0 Å². The fourth-order valence-corrected chi connectivity index (χ4v) is 3.19. The molecule has 0 saturated heterocycles. The second kappa shape index (κ2) is 7.31. The van der Waals surface area contributed by atoms with Crippen LogP contribution in [0.1, 0.15) is 24.2 Å². The largest absolute Gasteiger partial charge is 0.408 e. The number of pyridine rings is 1. The van der Waals surface area contributed by atoms with E-state index in [4.69, 9.17) is 0 Å². The Morgan fingerprint density at radius 2 is 1.78 bits per heavy atom. The molecule has 0 bridgehead atoms. The van der Waals surface area contributed by atoms with Crippen LogP contribution in [0, 0.1) is 12.7 Å². The van der Waals surface area contributed by atoms with E-state index in [1.54, 1.807) is 32.0 Å². The number of benzene rings is 1. The van der Waals surface area contributed by atoms with E-state index in [2.05, 4.69) is 4.98 Å². The molecule has 2 rings (SSSR count). The van der Waals surface area contributed by atoms with Crippen molar-refractivity contribution in [3.05, 3.63) is 59.5 Å². The Morgan fingerprint density at radius 3 is 2.30 bits per heavy atom. The predicted molar refractivity (Wildman–Crippen MR) is 82.4 cm³/mol. The Bertz CT molecular complexity index is 643. The van der Waals surface area contributed by atoms with Crippen LogP contribution in [-0.2, 0) is 0 Å². The zero-order chi connectivity index (χ0) is 17.0. The molecule has 1 atom stereocenters. The van der Waals surface area contributed by atoms with Gasteiger partial charge in [0.15, 0.2) is 0 Å². The average molecular weight is 344 g/mol. The van der Waals surface area contributed by atoms with E-state index in [1.165, 1.54) is 16.4 Å². The van der Waals surface area contributed by atoms with Crippen molar-refractivity contribution in [3.63, 3.8) is 0 Å². The summed E-state index contributed by atoms with van der Waals surface area (Å²) in [5.74, 6) is -0.564. The highest BCUT2D eigenvalue weighted by Crippen LogP contribution is 2.42. The second-order valence-electron chi connectivity index (χ2n) is 4.94. The summed E-state index contributed by atoms with van der Waals surface area (Å²) < 4.78 is 54.9. The lowest BCUT2D eigenvalue weighted by atomic mass is 10.1. The van der Waals surface area contributed by atoms with Gasteiger partial charge < -0.3 is 0 Å². The summed E-state index contributed by atoms with van der Waals surface area (Å²) in [6, 6.07) is 7.77. The molecule has 7 heteroatoms. The first kappa shape index (κ1) is 17.7. The summed E-state index contributed by atoms with van der Waals surface area (Å²) in [5, 5.41) is 0.489. The average Bonchev–Trinajstić information content (AvgIpc) is 2.47. The molecular weight excluding hydrogens is 328 g/mol. The third-order valence-corrected chi connectivity index (χ3v) is 4.29. The molecule has 1 unspecified atom stereocenters. The summed E-state index contributed by atoms with van der Waals surface area (Å²) in [6.07, 6.45) is -4.48. The molecular formula is C16H16F4N2S. The molecule has 23 heavy (non-hydrogen) atoms. The van der Waals surface area contributed by atoms with E-state index >= 15 is 0 Å². The van der Waals surface area contributed by atoms with Crippen molar-refractivity contribution in [2.75, 3.05) is 6.54 Å². The van der Waals surface area contributed by atoms with Crippen molar-refractivity contribution in [2.45, 2.75) is 31.1 Å². The van der Waals surface area contributed by atoms with Gasteiger partial charge in [0, 0.05) is 12.2 Å². The number of hydrogen-bond donors (Lipinski definition) is 0. The maximum Gasteiger partial charge on any atom is 0.408 e. The molecule has 2 nitrogen and oxygen atoms in total. The van der Waals surface area contributed by atoms with Crippen LogP contribution < -0.4 is 0 Å². The lowest BCUT2D eigenvalue weighted by Crippen LogP contribution is -2.34. The van der Waals surface area contributed by atoms with Gasteiger partial charge in [-0.05, 0) is 48.7 Å². The van der Waals surface area contributed by atoms with Crippen LogP contribution >= 0.6 is 11.9 Å². The quantitative estimate of drug-likeness (QED) is 0.550. The molecule has 1 aromatic carbocycles. The van der Waals surface area contributed by atoms with Gasteiger partial charge in [0.1, 0.15) is 16.9 Å². The molecule has 0 saturated carbocycles. The zero-order valence-corrected chi connectivity index (χ0v) is 13.5. The lowest BCUT2D eigenvalue weighted by Gasteiger charge is -2.31. The molecule has 124 valence electrons. The van der Waals surface area contributed by atoms with Crippen LogP contribution in [0.25, 0.3) is 0 Å². The standard InChI is InChI=1S/C16H16F4N2S/c1-3-22(23-14-6-4-5-11(2)21-14)15(16(18,19)20)12-7-9-13(17)10-8-12/h4-10,15H,3H2,1-2H3. The normalized spacial score (nSPS) is 13.3. The maximum atomic E-state index is 13.6. The Kier molecular flexibility index (Phi) is 5.64. The van der Waals surface area contributed by atoms with Gasteiger partial charge in [0.05, 0.1) is 0 Å². The monoisotopic (exact) mass is 344 g/mol. The number of aryl methyl sites for hydroxylation is 1. The van der Waals surface area contributed by atoms with Gasteiger partial charge in [-0.25, -0.2) is 13.7 Å².